The van der Waals surface area contributed by atoms with Crippen LogP contribution in [0.5, 0.6) is 0 Å². The molecule has 0 unspecified atom stereocenters. The lowest BCUT2D eigenvalue weighted by Gasteiger charge is -2.30. The lowest BCUT2D eigenvalue weighted by atomic mass is 9.86. The quantitative estimate of drug-likeness (QED) is 0.393. The van der Waals surface area contributed by atoms with Crippen molar-refractivity contribution in [2.24, 2.45) is 16.8 Å². The van der Waals surface area contributed by atoms with Gasteiger partial charge in [0.1, 0.15) is 6.54 Å². The number of nitrogens with zero attached hydrogens (tertiary/aromatic N) is 2. The summed E-state index contributed by atoms with van der Waals surface area (Å²) in [6, 6.07) is 0.276. The van der Waals surface area contributed by atoms with Crippen molar-refractivity contribution in [1.82, 2.24) is 15.5 Å². The van der Waals surface area contributed by atoms with Crippen molar-refractivity contribution in [3.05, 3.63) is 0 Å². The normalized spacial score (nSPS) is 23.8. The molecule has 0 aromatic rings. The molecule has 2 N–H and O–H groups in total. The molecule has 0 aromatic carbocycles. The van der Waals surface area contributed by atoms with E-state index in [4.69, 9.17) is 4.74 Å². The average molecular weight is 395 g/mol. The number of likely N-dealkylation sites (N-methyl/N-ethyl adjacent to an activating group) is 1. The number of ether oxygens (including phenoxy) is 1. The summed E-state index contributed by atoms with van der Waals surface area (Å²) in [6.07, 6.45) is 9.99. The number of esters is 1. The first-order chi connectivity index (χ1) is 13.5. The smallest absolute Gasteiger partial charge is 0.308 e. The third-order valence-electron chi connectivity index (χ3n) is 5.84. The molecule has 2 fully saturated rings. The molecular formula is C21H38N4O3. The van der Waals surface area contributed by atoms with E-state index in [-0.39, 0.29) is 30.4 Å². The predicted octanol–water partition coefficient (Wildman–Crippen LogP) is 2.31. The zero-order valence-corrected chi connectivity index (χ0v) is 17.8. The molecule has 0 atom stereocenters. The Balaban J connectivity index is 1.86. The molecule has 0 saturated heterocycles. The molecule has 0 aliphatic heterocycles. The molecule has 0 bridgehead atoms. The van der Waals surface area contributed by atoms with E-state index in [2.05, 4.69) is 15.6 Å². The molecule has 0 aromatic heterocycles. The van der Waals surface area contributed by atoms with Gasteiger partial charge in [-0.15, -0.1) is 0 Å². The average Bonchev–Trinajstić information content (AvgIpc) is 2.71. The van der Waals surface area contributed by atoms with Crippen LogP contribution in [0.4, 0.5) is 0 Å². The van der Waals surface area contributed by atoms with Crippen LogP contribution in [0.1, 0.15) is 64.7 Å². The maximum Gasteiger partial charge on any atom is 0.308 e. The maximum atomic E-state index is 11.9. The fourth-order valence-electron chi connectivity index (χ4n) is 4.00. The molecule has 0 heterocycles. The van der Waals surface area contributed by atoms with E-state index in [1.165, 1.54) is 32.1 Å². The molecule has 7 heteroatoms. The molecule has 2 saturated carbocycles. The number of nitrogens with one attached hydrogen (secondary N) is 2. The van der Waals surface area contributed by atoms with Gasteiger partial charge in [0.05, 0.1) is 12.5 Å². The van der Waals surface area contributed by atoms with Crippen molar-refractivity contribution in [2.45, 2.75) is 70.8 Å². The highest BCUT2D eigenvalue weighted by atomic mass is 16.5. The van der Waals surface area contributed by atoms with Crippen LogP contribution in [0.3, 0.4) is 0 Å². The molecule has 1 amide bonds. The molecular weight excluding hydrogens is 356 g/mol. The monoisotopic (exact) mass is 394 g/mol. The number of carbonyl (C=O) groups is 2. The largest absolute Gasteiger partial charge is 0.466 e. The van der Waals surface area contributed by atoms with Gasteiger partial charge >= 0.3 is 5.97 Å². The van der Waals surface area contributed by atoms with E-state index in [1.807, 2.05) is 6.92 Å². The number of hydrogen-bond acceptors (Lipinski definition) is 4. The first kappa shape index (κ1) is 22.5. The lowest BCUT2D eigenvalue weighted by Crippen LogP contribution is -2.47. The van der Waals surface area contributed by atoms with E-state index in [0.29, 0.717) is 12.5 Å². The Morgan fingerprint density at radius 2 is 1.71 bits per heavy atom. The van der Waals surface area contributed by atoms with E-state index in [1.54, 1.807) is 19.0 Å². The fraction of sp³-hybridized carbons (Fsp3) is 0.857. The molecule has 0 radical (unpaired) electrons. The Morgan fingerprint density at radius 3 is 2.32 bits per heavy atom. The summed E-state index contributed by atoms with van der Waals surface area (Å²) in [4.78, 5) is 29.9. The summed E-state index contributed by atoms with van der Waals surface area (Å²) in [5, 5.41) is 6.96. The van der Waals surface area contributed by atoms with Gasteiger partial charge < -0.3 is 20.3 Å². The summed E-state index contributed by atoms with van der Waals surface area (Å²) in [5.74, 6) is 1.35. The van der Waals surface area contributed by atoms with Gasteiger partial charge in [0, 0.05) is 26.7 Å². The van der Waals surface area contributed by atoms with Gasteiger partial charge in [-0.1, -0.05) is 19.3 Å². The summed E-state index contributed by atoms with van der Waals surface area (Å²) < 4.78 is 5.15. The van der Waals surface area contributed by atoms with Crippen LogP contribution in [-0.2, 0) is 14.3 Å². The molecule has 2 aliphatic rings. The van der Waals surface area contributed by atoms with E-state index < -0.39 is 0 Å². The second kappa shape index (κ2) is 11.9. The van der Waals surface area contributed by atoms with Gasteiger partial charge in [-0.25, -0.2) is 4.99 Å². The molecule has 160 valence electrons. The highest BCUT2D eigenvalue weighted by molar-refractivity contribution is 5.85. The Bertz CT molecular complexity index is 522. The molecule has 2 rings (SSSR count). The standard InChI is InChI=1S/C21H38N4O3/c1-4-28-20(27)17-10-12-18(13-11-17)24-21(23-15-19(26)25(2)3)22-14-16-8-6-5-7-9-16/h16-18H,4-15H2,1-3H3,(H2,22,23,24). The Labute approximate surface area is 169 Å². The van der Waals surface area contributed by atoms with Crippen LogP contribution >= 0.6 is 0 Å². The van der Waals surface area contributed by atoms with Crippen LogP contribution in [0.25, 0.3) is 0 Å². The second-order valence-electron chi connectivity index (χ2n) is 8.28. The number of aliphatic imine (C=N–C) groups is 1. The zero-order chi connectivity index (χ0) is 20.4. The van der Waals surface area contributed by atoms with E-state index >= 15 is 0 Å². The second-order valence-corrected chi connectivity index (χ2v) is 8.28. The predicted molar refractivity (Wildman–Crippen MR) is 111 cm³/mol. The van der Waals surface area contributed by atoms with Crippen molar-refractivity contribution in [1.29, 1.82) is 0 Å². The van der Waals surface area contributed by atoms with Gasteiger partial charge in [0.25, 0.3) is 0 Å². The van der Waals surface area contributed by atoms with E-state index in [0.717, 1.165) is 38.2 Å². The van der Waals surface area contributed by atoms with Crippen molar-refractivity contribution in [3.8, 4) is 0 Å². The fourth-order valence-corrected chi connectivity index (χ4v) is 4.00. The molecule has 2 aliphatic carbocycles. The third-order valence-corrected chi connectivity index (χ3v) is 5.84. The number of rotatable bonds is 7. The summed E-state index contributed by atoms with van der Waals surface area (Å²) in [7, 11) is 3.49. The van der Waals surface area contributed by atoms with Gasteiger partial charge in [-0.3, -0.25) is 9.59 Å². The van der Waals surface area contributed by atoms with Crippen molar-refractivity contribution < 1.29 is 14.3 Å². The Morgan fingerprint density at radius 1 is 1.04 bits per heavy atom. The van der Waals surface area contributed by atoms with Crippen molar-refractivity contribution >= 4 is 17.8 Å². The molecule has 0 spiro atoms. The number of amides is 1. The summed E-state index contributed by atoms with van der Waals surface area (Å²) >= 11 is 0. The highest BCUT2D eigenvalue weighted by Gasteiger charge is 2.27. The van der Waals surface area contributed by atoms with Crippen molar-refractivity contribution in [3.63, 3.8) is 0 Å². The summed E-state index contributed by atoms with van der Waals surface area (Å²) in [5.41, 5.74) is 0. The first-order valence-corrected chi connectivity index (χ1v) is 10.9. The van der Waals surface area contributed by atoms with Crippen LogP contribution in [-0.4, -0.2) is 62.6 Å². The van der Waals surface area contributed by atoms with Gasteiger partial charge in [0.2, 0.25) is 5.91 Å². The summed E-state index contributed by atoms with van der Waals surface area (Å²) in [6.45, 7) is 3.34. The third kappa shape index (κ3) is 7.68. The maximum absolute atomic E-state index is 11.9. The first-order valence-electron chi connectivity index (χ1n) is 10.9. The van der Waals surface area contributed by atoms with Crippen LogP contribution < -0.4 is 10.6 Å². The SMILES string of the molecule is CCOC(=O)C1CCC(NC(=NCC(=O)N(C)C)NCC2CCCCC2)CC1. The zero-order valence-electron chi connectivity index (χ0n) is 17.8. The van der Waals surface area contributed by atoms with Crippen LogP contribution in [0.2, 0.25) is 0 Å². The van der Waals surface area contributed by atoms with E-state index in [9.17, 15) is 9.59 Å². The minimum Gasteiger partial charge on any atom is -0.466 e. The number of guanidine groups is 1. The van der Waals surface area contributed by atoms with Crippen molar-refractivity contribution in [2.75, 3.05) is 33.8 Å². The highest BCUT2D eigenvalue weighted by Crippen LogP contribution is 2.25. The molecule has 7 nitrogen and oxygen atoms in total. The Hall–Kier alpha value is -1.79. The molecule has 28 heavy (non-hydrogen) atoms. The van der Waals surface area contributed by atoms with Gasteiger partial charge in [0.15, 0.2) is 5.96 Å². The minimum absolute atomic E-state index is 0.00946. The van der Waals surface area contributed by atoms with Crippen LogP contribution in [0, 0.1) is 11.8 Å². The van der Waals surface area contributed by atoms with Gasteiger partial charge in [-0.05, 0) is 51.4 Å². The Kier molecular flexibility index (Phi) is 9.58. The van der Waals surface area contributed by atoms with Gasteiger partial charge in [-0.2, -0.15) is 0 Å². The number of carbonyl (C=O) groups excluding carboxylic acids is 2. The minimum atomic E-state index is -0.0677. The number of hydrogen-bond donors (Lipinski definition) is 2. The topological polar surface area (TPSA) is 83.0 Å². The lowest BCUT2D eigenvalue weighted by molar-refractivity contribution is -0.149. The van der Waals surface area contributed by atoms with Crippen LogP contribution in [0.15, 0.2) is 4.99 Å².